The predicted molar refractivity (Wildman–Crippen MR) is 496 cm³/mol. The van der Waals surface area contributed by atoms with Crippen LogP contribution in [-0.4, -0.2) is 206 Å². The second kappa shape index (κ2) is 69.1. The molecule has 15 atom stereocenters. The van der Waals surface area contributed by atoms with Gasteiger partial charge in [0.2, 0.25) is 41.4 Å². The zero-order valence-corrected chi connectivity index (χ0v) is 81.0. The maximum absolute atomic E-state index is 14.0. The van der Waals surface area contributed by atoms with Crippen molar-refractivity contribution in [2.24, 2.45) is 53.3 Å². The molecule has 1 aromatic carbocycles. The first-order valence-corrected chi connectivity index (χ1v) is 49.7. The third kappa shape index (κ3) is 51.8. The van der Waals surface area contributed by atoms with Gasteiger partial charge in [-0.1, -0.05) is 226 Å². The molecule has 0 radical (unpaired) electrons. The van der Waals surface area contributed by atoms with Crippen LogP contribution in [0.1, 0.15) is 339 Å². The van der Waals surface area contributed by atoms with Gasteiger partial charge in [-0.3, -0.25) is 52.7 Å². The molecule has 28 heteroatoms. The van der Waals surface area contributed by atoms with Gasteiger partial charge in [0.05, 0.1) is 95.9 Å². The molecule has 0 aromatic heterocycles. The van der Waals surface area contributed by atoms with Crippen LogP contribution in [0.25, 0.3) is 0 Å². The van der Waals surface area contributed by atoms with E-state index in [1.54, 1.807) is 20.8 Å². The Morgan fingerprint density at radius 2 is 0.594 bits per heavy atom. The topological polar surface area (TPSA) is 364 Å². The molecule has 734 valence electrons. The summed E-state index contributed by atoms with van der Waals surface area (Å²) < 4.78 is 59.6. The molecular formula is C100H173N7O21. The van der Waals surface area contributed by atoms with Gasteiger partial charge in [-0.15, -0.1) is 0 Å². The first-order chi connectivity index (χ1) is 61.6. The van der Waals surface area contributed by atoms with Crippen LogP contribution < -0.4 is 37.2 Å². The number of rotatable bonds is 73. The van der Waals surface area contributed by atoms with Gasteiger partial charge in [-0.05, 0) is 123 Å². The smallest absolute Gasteiger partial charge is 0.306 e. The molecule has 7 amide bonds. The summed E-state index contributed by atoms with van der Waals surface area (Å²) in [5, 5.41) is 21.6. The van der Waals surface area contributed by atoms with Crippen molar-refractivity contribution in [2.75, 3.05) is 98.9 Å². The Morgan fingerprint density at radius 1 is 0.312 bits per heavy atom. The second-order valence-corrected chi connectivity index (χ2v) is 37.3. The van der Waals surface area contributed by atoms with Crippen molar-refractivity contribution in [3.8, 4) is 0 Å². The third-order valence-corrected chi connectivity index (χ3v) is 26.5. The van der Waals surface area contributed by atoms with Crippen molar-refractivity contribution in [3.05, 3.63) is 35.9 Å². The van der Waals surface area contributed by atoms with E-state index in [4.69, 9.17) is 47.4 Å². The van der Waals surface area contributed by atoms with Gasteiger partial charge < -0.3 is 84.6 Å². The van der Waals surface area contributed by atoms with Crippen LogP contribution in [0.4, 0.5) is 0 Å². The number of nitrogens with one attached hydrogen (secondary N) is 7. The number of carbonyl (C=O) groups excluding carboxylic acids is 11. The summed E-state index contributed by atoms with van der Waals surface area (Å²) in [7, 11) is 0. The average molecular weight is 1810 g/mol. The molecule has 0 saturated heterocycles. The minimum Gasteiger partial charge on any atom is -0.466 e. The number of ether oxygens (including phenoxy) is 10. The molecule has 1 aromatic rings. The van der Waals surface area contributed by atoms with Gasteiger partial charge in [0.15, 0.2) is 0 Å². The van der Waals surface area contributed by atoms with Crippen LogP contribution in [0.3, 0.4) is 0 Å². The van der Waals surface area contributed by atoms with Crippen molar-refractivity contribution in [1.82, 2.24) is 37.2 Å². The highest BCUT2D eigenvalue weighted by Gasteiger charge is 2.45. The lowest BCUT2D eigenvalue weighted by atomic mass is 9.70. The number of hydrogen-bond acceptors (Lipinski definition) is 21. The van der Waals surface area contributed by atoms with Crippen LogP contribution in [0.15, 0.2) is 30.3 Å². The van der Waals surface area contributed by atoms with Crippen LogP contribution in [0, 0.1) is 53.3 Å². The van der Waals surface area contributed by atoms with Crippen LogP contribution in [0.5, 0.6) is 0 Å². The second-order valence-electron chi connectivity index (χ2n) is 37.3. The summed E-state index contributed by atoms with van der Waals surface area (Å²) in [6.45, 7) is 26.2. The normalized spacial score (nSPS) is 22.5. The Morgan fingerprint density at radius 3 is 0.875 bits per heavy atom. The SMILES string of the molecule is CC(=O)NC1C(OCCCCCCCCCCCCNC(=O)CCOCC(COCCC(=O)NCCCCCCCCCCCCOC2CC(COC(C)=O)C(C)C(C)C2NC(C)=O)(COCCC(=O)NCCCCCCCCCCCCOC2CC(COC(C)=O)C(C)C(C)C2NC(C)=O)NC(=O)CCCC(=O)OCc2ccccc2)CC(COC(C)=O)C(C)C1C. The highest BCUT2D eigenvalue weighted by Crippen LogP contribution is 2.40. The molecule has 3 fully saturated rings. The fourth-order valence-electron chi connectivity index (χ4n) is 18.2. The van der Waals surface area contributed by atoms with Crippen molar-refractivity contribution in [1.29, 1.82) is 0 Å². The fraction of sp³-hybridized carbons (Fsp3) is 0.830. The Balaban J connectivity index is 1.22. The molecule has 15 unspecified atom stereocenters. The first-order valence-electron chi connectivity index (χ1n) is 49.7. The van der Waals surface area contributed by atoms with Crippen LogP contribution in [-0.2, 0) is 107 Å². The Kier molecular flexibility index (Phi) is 61.2. The van der Waals surface area contributed by atoms with Gasteiger partial charge >= 0.3 is 23.9 Å². The van der Waals surface area contributed by atoms with Gasteiger partial charge in [-0.2, -0.15) is 0 Å². The van der Waals surface area contributed by atoms with Gasteiger partial charge in [-0.25, -0.2) is 0 Å². The standard InChI is InChI=1S/C100H173N7O21/c1-73-76(4)97(104-79(7)108)89(63-86(73)67-125-82(10)111)122-57-43-34-28-22-16-13-19-25-31-40-54-101-92(114)51-60-119-70-100(107-95(117)49-46-50-96(118)128-66-85-47-38-37-39-48-85,71-120-61-52-93(115)102-55-41-32-26-20-14-17-23-29-35-44-58-123-90-64-87(68-126-83(11)112)74(2)77(5)98(90)105-80(8)109)72-121-62-53-94(116)103-56-42-33-27-21-15-18-24-30-36-45-59-124-91-65-88(69-127-84(12)113)75(3)78(6)99(91)106-81(9)110/h37-39,47-48,73-78,86-91,97-99H,13-36,40-46,49-72H2,1-12H3,(H,101,114)(H,102,115)(H,103,116)(H,104,108)(H,105,109)(H,106,110)(H,107,117). The molecular weight excluding hydrogens is 1640 g/mol. The van der Waals surface area contributed by atoms with Gasteiger partial charge in [0.1, 0.15) is 12.1 Å². The minimum absolute atomic E-state index is 0.00662. The zero-order chi connectivity index (χ0) is 93.5. The molecule has 0 spiro atoms. The number of unbranched alkanes of at least 4 members (excludes halogenated alkanes) is 27. The largest absolute Gasteiger partial charge is 0.466 e. The predicted octanol–water partition coefficient (Wildman–Crippen LogP) is 15.3. The van der Waals surface area contributed by atoms with Gasteiger partial charge in [0.25, 0.3) is 0 Å². The summed E-state index contributed by atoms with van der Waals surface area (Å²) >= 11 is 0. The van der Waals surface area contributed by atoms with E-state index in [1.165, 1.54) is 20.8 Å². The lowest BCUT2D eigenvalue weighted by molar-refractivity contribution is -0.146. The van der Waals surface area contributed by atoms with E-state index < -0.39 is 17.4 Å². The quantitative estimate of drug-likeness (QED) is 0.0181. The molecule has 7 N–H and O–H groups in total. The monoisotopic (exact) mass is 1810 g/mol. The molecule has 128 heavy (non-hydrogen) atoms. The molecule has 28 nitrogen and oxygen atoms in total. The van der Waals surface area contributed by atoms with E-state index in [0.29, 0.717) is 59.3 Å². The number of benzene rings is 1. The zero-order valence-electron chi connectivity index (χ0n) is 81.0. The molecule has 3 aliphatic carbocycles. The Hall–Kier alpha value is -6.85. The molecule has 3 saturated carbocycles. The number of esters is 4. The number of carbonyl (C=O) groups is 11. The molecule has 0 bridgehead atoms. The Bertz CT molecular complexity index is 2970. The maximum atomic E-state index is 14.0. The lowest BCUT2D eigenvalue weighted by Gasteiger charge is -2.44. The fourth-order valence-corrected chi connectivity index (χ4v) is 18.2. The highest BCUT2D eigenvalue weighted by molar-refractivity contribution is 5.79. The summed E-state index contributed by atoms with van der Waals surface area (Å²) in [4.78, 5) is 138. The van der Waals surface area contributed by atoms with Gasteiger partial charge in [0, 0.05) is 113 Å². The molecule has 0 aliphatic heterocycles. The minimum atomic E-state index is -1.32. The van der Waals surface area contributed by atoms with E-state index in [0.717, 1.165) is 217 Å². The van der Waals surface area contributed by atoms with Crippen molar-refractivity contribution >= 4 is 65.2 Å². The number of hydrogen-bond donors (Lipinski definition) is 7. The van der Waals surface area contributed by atoms with E-state index >= 15 is 0 Å². The van der Waals surface area contributed by atoms with E-state index in [2.05, 4.69) is 78.8 Å². The van der Waals surface area contributed by atoms with E-state index in [-0.39, 0.29) is 228 Å². The van der Waals surface area contributed by atoms with Crippen LogP contribution >= 0.6 is 0 Å². The first kappa shape index (κ1) is 113. The Labute approximate surface area is 768 Å². The summed E-state index contributed by atoms with van der Waals surface area (Å²) in [5.74, 6) is -0.523. The summed E-state index contributed by atoms with van der Waals surface area (Å²) in [6.07, 6.45) is 34.1. The van der Waals surface area contributed by atoms with Crippen molar-refractivity contribution in [3.63, 3.8) is 0 Å². The molecule has 0 heterocycles. The molecule has 3 aliphatic rings. The lowest BCUT2D eigenvalue weighted by Crippen LogP contribution is -2.58. The van der Waals surface area contributed by atoms with E-state index in [1.807, 2.05) is 30.3 Å². The molecule has 4 rings (SSSR count). The maximum Gasteiger partial charge on any atom is 0.306 e. The van der Waals surface area contributed by atoms with Crippen molar-refractivity contribution in [2.45, 2.75) is 382 Å². The third-order valence-electron chi connectivity index (χ3n) is 26.5. The summed E-state index contributed by atoms with van der Waals surface area (Å²) in [6, 6.07) is 9.11. The highest BCUT2D eigenvalue weighted by atomic mass is 16.6. The van der Waals surface area contributed by atoms with Crippen LogP contribution in [0.2, 0.25) is 0 Å². The van der Waals surface area contributed by atoms with Crippen molar-refractivity contribution < 1.29 is 100 Å². The average Bonchev–Trinajstić information content (AvgIpc) is 0.815. The summed E-state index contributed by atoms with van der Waals surface area (Å²) in [5.41, 5.74) is -0.470. The van der Waals surface area contributed by atoms with E-state index in [9.17, 15) is 52.7 Å². The number of amides is 7.